The molecule has 2 aromatic rings. The fourth-order valence-electron chi connectivity index (χ4n) is 2.23. The number of nitrogens with two attached hydrogens (primary N) is 1. The van der Waals surface area contributed by atoms with E-state index in [1.807, 2.05) is 47.2 Å². The van der Waals surface area contributed by atoms with Crippen molar-refractivity contribution in [1.82, 2.24) is 9.88 Å². The van der Waals surface area contributed by atoms with Crippen LogP contribution in [0.1, 0.15) is 41.5 Å². The first-order chi connectivity index (χ1) is 9.63. The molecule has 1 aromatic heterocycles. The number of nitrogens with one attached hydrogen (secondary N) is 1. The standard InChI is InChI=1S/C16H21N3O/c1-12(2)19-9-5-8-15(19)16(20)18-11-14-7-4-3-6-13(14)10-17/h3-9,12H,10-11,17H2,1-2H3,(H,18,20). The van der Waals surface area contributed by atoms with Crippen molar-refractivity contribution in [3.63, 3.8) is 0 Å². The lowest BCUT2D eigenvalue weighted by Gasteiger charge is -2.13. The Morgan fingerprint density at radius 1 is 1.20 bits per heavy atom. The third kappa shape index (κ3) is 3.08. The van der Waals surface area contributed by atoms with Crippen molar-refractivity contribution in [2.24, 2.45) is 5.73 Å². The first-order valence-corrected chi connectivity index (χ1v) is 6.85. The summed E-state index contributed by atoms with van der Waals surface area (Å²) >= 11 is 0. The molecule has 0 atom stereocenters. The Balaban J connectivity index is 2.07. The SMILES string of the molecule is CC(C)n1cccc1C(=O)NCc1ccccc1CN. The maximum absolute atomic E-state index is 12.2. The van der Waals surface area contributed by atoms with Crippen molar-refractivity contribution in [3.8, 4) is 0 Å². The molecule has 0 bridgehead atoms. The highest BCUT2D eigenvalue weighted by Crippen LogP contribution is 2.12. The van der Waals surface area contributed by atoms with E-state index in [2.05, 4.69) is 19.2 Å². The molecule has 0 saturated heterocycles. The Morgan fingerprint density at radius 2 is 1.90 bits per heavy atom. The topological polar surface area (TPSA) is 60.0 Å². The van der Waals surface area contributed by atoms with Crippen molar-refractivity contribution >= 4 is 5.91 Å². The molecule has 4 nitrogen and oxygen atoms in total. The van der Waals surface area contributed by atoms with Crippen LogP contribution in [0.25, 0.3) is 0 Å². The summed E-state index contributed by atoms with van der Waals surface area (Å²) in [5, 5.41) is 2.96. The van der Waals surface area contributed by atoms with Gasteiger partial charge < -0.3 is 15.6 Å². The van der Waals surface area contributed by atoms with E-state index in [1.54, 1.807) is 0 Å². The van der Waals surface area contributed by atoms with Gasteiger partial charge >= 0.3 is 0 Å². The number of aromatic nitrogens is 1. The predicted octanol–water partition coefficient (Wildman–Crippen LogP) is 2.46. The molecule has 0 unspecified atom stereocenters. The van der Waals surface area contributed by atoms with E-state index in [0.717, 1.165) is 11.1 Å². The van der Waals surface area contributed by atoms with Crippen LogP contribution in [0.4, 0.5) is 0 Å². The summed E-state index contributed by atoms with van der Waals surface area (Å²) in [5.41, 5.74) is 8.51. The van der Waals surface area contributed by atoms with Gasteiger partial charge in [0.25, 0.3) is 5.91 Å². The number of amides is 1. The fraction of sp³-hybridized carbons (Fsp3) is 0.312. The molecular formula is C16H21N3O. The Bertz CT molecular complexity index is 587. The number of benzene rings is 1. The molecule has 4 heteroatoms. The van der Waals surface area contributed by atoms with Crippen LogP contribution in [0.3, 0.4) is 0 Å². The number of nitrogens with zero attached hydrogens (tertiary/aromatic N) is 1. The van der Waals surface area contributed by atoms with Crippen LogP contribution >= 0.6 is 0 Å². The second-order valence-electron chi connectivity index (χ2n) is 5.05. The van der Waals surface area contributed by atoms with Crippen molar-refractivity contribution in [2.45, 2.75) is 33.0 Å². The van der Waals surface area contributed by atoms with Gasteiger partial charge in [-0.3, -0.25) is 4.79 Å². The average Bonchev–Trinajstić information content (AvgIpc) is 2.94. The van der Waals surface area contributed by atoms with Gasteiger partial charge in [0.1, 0.15) is 5.69 Å². The van der Waals surface area contributed by atoms with Crippen LogP contribution in [0, 0.1) is 0 Å². The lowest BCUT2D eigenvalue weighted by atomic mass is 10.1. The van der Waals surface area contributed by atoms with Gasteiger partial charge in [-0.1, -0.05) is 24.3 Å². The predicted molar refractivity (Wildman–Crippen MR) is 80.3 cm³/mol. The molecule has 1 amide bonds. The smallest absolute Gasteiger partial charge is 0.268 e. The molecule has 106 valence electrons. The highest BCUT2D eigenvalue weighted by Gasteiger charge is 2.12. The maximum Gasteiger partial charge on any atom is 0.268 e. The highest BCUT2D eigenvalue weighted by molar-refractivity contribution is 5.92. The van der Waals surface area contributed by atoms with Crippen molar-refractivity contribution in [2.75, 3.05) is 0 Å². The van der Waals surface area contributed by atoms with Crippen molar-refractivity contribution < 1.29 is 4.79 Å². The van der Waals surface area contributed by atoms with E-state index in [1.165, 1.54) is 0 Å². The molecule has 1 heterocycles. The van der Waals surface area contributed by atoms with Gasteiger partial charge in [-0.2, -0.15) is 0 Å². The van der Waals surface area contributed by atoms with Crippen LogP contribution in [0.5, 0.6) is 0 Å². The minimum Gasteiger partial charge on any atom is -0.347 e. The first kappa shape index (κ1) is 14.3. The minimum atomic E-state index is -0.0597. The lowest BCUT2D eigenvalue weighted by Crippen LogP contribution is -2.26. The summed E-state index contributed by atoms with van der Waals surface area (Å²) in [4.78, 5) is 12.2. The summed E-state index contributed by atoms with van der Waals surface area (Å²) < 4.78 is 1.96. The van der Waals surface area contributed by atoms with Crippen molar-refractivity contribution in [1.29, 1.82) is 0 Å². The zero-order valence-corrected chi connectivity index (χ0v) is 12.0. The molecule has 0 aliphatic rings. The molecule has 0 saturated carbocycles. The van der Waals surface area contributed by atoms with E-state index >= 15 is 0 Å². The molecular weight excluding hydrogens is 250 g/mol. The Hall–Kier alpha value is -2.07. The monoisotopic (exact) mass is 271 g/mol. The van der Waals surface area contributed by atoms with Gasteiger partial charge in [0.05, 0.1) is 0 Å². The molecule has 0 spiro atoms. The van der Waals surface area contributed by atoms with Crippen LogP contribution in [0.15, 0.2) is 42.6 Å². The molecule has 20 heavy (non-hydrogen) atoms. The second kappa shape index (κ2) is 6.39. The van der Waals surface area contributed by atoms with Crippen LogP contribution in [-0.2, 0) is 13.1 Å². The van der Waals surface area contributed by atoms with Gasteiger partial charge in [-0.25, -0.2) is 0 Å². The van der Waals surface area contributed by atoms with Crippen LogP contribution < -0.4 is 11.1 Å². The summed E-state index contributed by atoms with van der Waals surface area (Å²) in [7, 11) is 0. The summed E-state index contributed by atoms with van der Waals surface area (Å²) in [6.45, 7) is 5.09. The van der Waals surface area contributed by atoms with Gasteiger partial charge in [0.15, 0.2) is 0 Å². The van der Waals surface area contributed by atoms with E-state index < -0.39 is 0 Å². The molecule has 2 rings (SSSR count). The minimum absolute atomic E-state index is 0.0597. The average molecular weight is 271 g/mol. The Kier molecular flexibility index (Phi) is 4.58. The highest BCUT2D eigenvalue weighted by atomic mass is 16.1. The second-order valence-corrected chi connectivity index (χ2v) is 5.05. The van der Waals surface area contributed by atoms with Gasteiger partial charge in [-0.05, 0) is 37.1 Å². The molecule has 0 aliphatic heterocycles. The maximum atomic E-state index is 12.2. The zero-order chi connectivity index (χ0) is 14.5. The molecule has 0 radical (unpaired) electrons. The summed E-state index contributed by atoms with van der Waals surface area (Å²) in [6.07, 6.45) is 1.92. The first-order valence-electron chi connectivity index (χ1n) is 6.85. The number of hydrogen-bond acceptors (Lipinski definition) is 2. The van der Waals surface area contributed by atoms with E-state index in [0.29, 0.717) is 18.8 Å². The van der Waals surface area contributed by atoms with E-state index in [-0.39, 0.29) is 11.9 Å². The number of hydrogen-bond donors (Lipinski definition) is 2. The molecule has 0 fully saturated rings. The lowest BCUT2D eigenvalue weighted by molar-refractivity contribution is 0.0940. The molecule has 3 N–H and O–H groups in total. The quantitative estimate of drug-likeness (QED) is 0.877. The molecule has 0 aliphatic carbocycles. The normalized spacial score (nSPS) is 10.8. The number of rotatable bonds is 5. The summed E-state index contributed by atoms with van der Waals surface area (Å²) in [6, 6.07) is 11.9. The van der Waals surface area contributed by atoms with Gasteiger partial charge in [0.2, 0.25) is 0 Å². The van der Waals surface area contributed by atoms with Crippen LogP contribution in [0.2, 0.25) is 0 Å². The third-order valence-corrected chi connectivity index (χ3v) is 3.35. The fourth-order valence-corrected chi connectivity index (χ4v) is 2.23. The zero-order valence-electron chi connectivity index (χ0n) is 12.0. The summed E-state index contributed by atoms with van der Waals surface area (Å²) in [5.74, 6) is -0.0597. The van der Waals surface area contributed by atoms with Gasteiger partial charge in [-0.15, -0.1) is 0 Å². The molecule has 1 aromatic carbocycles. The Morgan fingerprint density at radius 3 is 2.55 bits per heavy atom. The van der Waals surface area contributed by atoms with E-state index in [9.17, 15) is 4.79 Å². The number of carbonyl (C=O) groups is 1. The Labute approximate surface area is 119 Å². The van der Waals surface area contributed by atoms with Crippen LogP contribution in [-0.4, -0.2) is 10.5 Å². The van der Waals surface area contributed by atoms with E-state index in [4.69, 9.17) is 5.73 Å². The van der Waals surface area contributed by atoms with Gasteiger partial charge in [0, 0.05) is 25.3 Å². The largest absolute Gasteiger partial charge is 0.347 e. The van der Waals surface area contributed by atoms with Crippen molar-refractivity contribution in [3.05, 3.63) is 59.4 Å². The number of carbonyl (C=O) groups excluding carboxylic acids is 1. The third-order valence-electron chi connectivity index (χ3n) is 3.35.